The molecule has 2 nitrogen and oxygen atoms in total. The molecule has 2 heteroatoms. The van der Waals surface area contributed by atoms with Gasteiger partial charge in [0.05, 0.1) is 0 Å². The topological polar surface area (TPSA) is 24.9 Å². The molecular weight excluding hydrogens is 136 g/mol. The minimum atomic E-state index is 0.928. The fourth-order valence-electron chi connectivity index (χ4n) is 0.978. The quantitative estimate of drug-likeness (QED) is 0.698. The molecule has 0 aliphatic heterocycles. The highest BCUT2D eigenvalue weighted by Gasteiger charge is 1.98. The zero-order valence-corrected chi connectivity index (χ0v) is 7.31. The van der Waals surface area contributed by atoms with Gasteiger partial charge < -0.3 is 5.32 Å². The first kappa shape index (κ1) is 8.05. The van der Waals surface area contributed by atoms with Crippen molar-refractivity contribution in [3.63, 3.8) is 0 Å². The number of rotatable bonds is 2. The van der Waals surface area contributed by atoms with Gasteiger partial charge in [0.2, 0.25) is 0 Å². The largest absolute Gasteiger partial charge is 0.370 e. The molecule has 0 amide bonds. The van der Waals surface area contributed by atoms with Crippen LogP contribution in [0.5, 0.6) is 0 Å². The van der Waals surface area contributed by atoms with E-state index in [1.54, 1.807) is 0 Å². The van der Waals surface area contributed by atoms with Crippen LogP contribution in [-0.4, -0.2) is 11.5 Å². The van der Waals surface area contributed by atoms with Gasteiger partial charge in [0, 0.05) is 12.7 Å². The highest BCUT2D eigenvalue weighted by Crippen LogP contribution is 2.13. The van der Waals surface area contributed by atoms with E-state index >= 15 is 0 Å². The summed E-state index contributed by atoms with van der Waals surface area (Å²) in [5.74, 6) is 1.01. The standard InChI is InChI=1S/C9H14N2/c1-4-10-9-8(3)7(2)5-6-11-9/h5-6H,4H2,1-3H3,(H,10,11). The summed E-state index contributed by atoms with van der Waals surface area (Å²) in [6, 6.07) is 2.02. The van der Waals surface area contributed by atoms with Crippen molar-refractivity contribution in [2.45, 2.75) is 20.8 Å². The summed E-state index contributed by atoms with van der Waals surface area (Å²) in [6.07, 6.45) is 1.83. The maximum atomic E-state index is 4.22. The van der Waals surface area contributed by atoms with E-state index in [-0.39, 0.29) is 0 Å². The molecule has 0 aliphatic carbocycles. The zero-order valence-electron chi connectivity index (χ0n) is 7.31. The van der Waals surface area contributed by atoms with Crippen molar-refractivity contribution in [1.29, 1.82) is 0 Å². The summed E-state index contributed by atoms with van der Waals surface area (Å²) >= 11 is 0. The van der Waals surface area contributed by atoms with Crippen LogP contribution in [0.2, 0.25) is 0 Å². The monoisotopic (exact) mass is 150 g/mol. The molecule has 0 saturated heterocycles. The predicted octanol–water partition coefficient (Wildman–Crippen LogP) is 2.13. The van der Waals surface area contributed by atoms with Gasteiger partial charge in [-0.25, -0.2) is 4.98 Å². The van der Waals surface area contributed by atoms with Crippen molar-refractivity contribution in [3.8, 4) is 0 Å². The summed E-state index contributed by atoms with van der Waals surface area (Å²) in [4.78, 5) is 4.22. The molecule has 0 unspecified atom stereocenters. The van der Waals surface area contributed by atoms with Crippen LogP contribution in [0.3, 0.4) is 0 Å². The molecule has 0 aliphatic rings. The number of hydrogen-bond acceptors (Lipinski definition) is 2. The maximum absolute atomic E-state index is 4.22. The van der Waals surface area contributed by atoms with E-state index in [9.17, 15) is 0 Å². The molecule has 0 spiro atoms. The van der Waals surface area contributed by atoms with Crippen molar-refractivity contribution in [2.75, 3.05) is 11.9 Å². The summed E-state index contributed by atoms with van der Waals surface area (Å²) in [5.41, 5.74) is 2.53. The lowest BCUT2D eigenvalue weighted by molar-refractivity contribution is 1.12. The first-order chi connectivity index (χ1) is 5.25. The van der Waals surface area contributed by atoms with Gasteiger partial charge in [-0.2, -0.15) is 0 Å². The number of nitrogens with one attached hydrogen (secondary N) is 1. The van der Waals surface area contributed by atoms with E-state index in [0.29, 0.717) is 0 Å². The molecule has 60 valence electrons. The SMILES string of the molecule is CCNc1nccc(C)c1C. The minimum absolute atomic E-state index is 0.928. The first-order valence-electron chi connectivity index (χ1n) is 3.91. The molecular formula is C9H14N2. The average molecular weight is 150 g/mol. The number of aromatic nitrogens is 1. The van der Waals surface area contributed by atoms with Crippen LogP contribution in [0.25, 0.3) is 0 Å². The molecule has 0 aromatic carbocycles. The van der Waals surface area contributed by atoms with Crippen molar-refractivity contribution in [3.05, 3.63) is 23.4 Å². The van der Waals surface area contributed by atoms with Gasteiger partial charge in [0.1, 0.15) is 5.82 Å². The van der Waals surface area contributed by atoms with Crippen LogP contribution in [-0.2, 0) is 0 Å². The Bertz CT molecular complexity index is 243. The third-order valence-corrected chi connectivity index (χ3v) is 1.82. The summed E-state index contributed by atoms with van der Waals surface area (Å²) in [7, 11) is 0. The fraction of sp³-hybridized carbons (Fsp3) is 0.444. The number of pyridine rings is 1. The van der Waals surface area contributed by atoms with E-state index in [1.165, 1.54) is 11.1 Å². The molecule has 0 atom stereocenters. The molecule has 0 radical (unpaired) electrons. The second-order valence-electron chi connectivity index (χ2n) is 2.63. The molecule has 1 rings (SSSR count). The Balaban J connectivity index is 2.96. The highest BCUT2D eigenvalue weighted by molar-refractivity contribution is 5.46. The van der Waals surface area contributed by atoms with Crippen molar-refractivity contribution >= 4 is 5.82 Å². The van der Waals surface area contributed by atoms with Crippen LogP contribution in [0, 0.1) is 13.8 Å². The van der Waals surface area contributed by atoms with E-state index in [4.69, 9.17) is 0 Å². The highest BCUT2D eigenvalue weighted by atomic mass is 15.0. The van der Waals surface area contributed by atoms with Crippen molar-refractivity contribution in [1.82, 2.24) is 4.98 Å². The molecule has 1 aromatic heterocycles. The van der Waals surface area contributed by atoms with Crippen molar-refractivity contribution in [2.24, 2.45) is 0 Å². The Labute approximate surface area is 67.7 Å². The Hall–Kier alpha value is -1.05. The lowest BCUT2D eigenvalue weighted by atomic mass is 10.2. The normalized spacial score (nSPS) is 9.73. The molecule has 0 fully saturated rings. The zero-order chi connectivity index (χ0) is 8.27. The van der Waals surface area contributed by atoms with Crippen LogP contribution in [0.4, 0.5) is 5.82 Å². The Morgan fingerprint density at radius 3 is 2.82 bits per heavy atom. The molecule has 1 aromatic rings. The summed E-state index contributed by atoms with van der Waals surface area (Å²) in [6.45, 7) is 7.18. The Morgan fingerprint density at radius 2 is 2.18 bits per heavy atom. The second-order valence-corrected chi connectivity index (χ2v) is 2.63. The Kier molecular flexibility index (Phi) is 2.47. The predicted molar refractivity (Wildman–Crippen MR) is 47.9 cm³/mol. The fourth-order valence-corrected chi connectivity index (χ4v) is 0.978. The van der Waals surface area contributed by atoms with Crippen LogP contribution < -0.4 is 5.32 Å². The minimum Gasteiger partial charge on any atom is -0.370 e. The lowest BCUT2D eigenvalue weighted by Gasteiger charge is -2.07. The second kappa shape index (κ2) is 3.37. The smallest absolute Gasteiger partial charge is 0.129 e. The Morgan fingerprint density at radius 1 is 1.45 bits per heavy atom. The number of hydrogen-bond donors (Lipinski definition) is 1. The lowest BCUT2D eigenvalue weighted by Crippen LogP contribution is -2.01. The summed E-state index contributed by atoms with van der Waals surface area (Å²) in [5, 5.41) is 3.21. The molecule has 1 N–H and O–H groups in total. The van der Waals surface area contributed by atoms with Gasteiger partial charge in [-0.15, -0.1) is 0 Å². The summed E-state index contributed by atoms with van der Waals surface area (Å²) < 4.78 is 0. The van der Waals surface area contributed by atoms with E-state index in [2.05, 4.69) is 31.1 Å². The first-order valence-corrected chi connectivity index (χ1v) is 3.91. The van der Waals surface area contributed by atoms with Gasteiger partial charge >= 0.3 is 0 Å². The van der Waals surface area contributed by atoms with Crippen LogP contribution >= 0.6 is 0 Å². The van der Waals surface area contributed by atoms with E-state index in [0.717, 1.165) is 12.4 Å². The average Bonchev–Trinajstić information content (AvgIpc) is 1.99. The molecule has 11 heavy (non-hydrogen) atoms. The number of aryl methyl sites for hydroxylation is 1. The van der Waals surface area contributed by atoms with Crippen LogP contribution in [0.15, 0.2) is 12.3 Å². The number of nitrogens with zero attached hydrogens (tertiary/aromatic N) is 1. The van der Waals surface area contributed by atoms with Gasteiger partial charge in [-0.1, -0.05) is 0 Å². The van der Waals surface area contributed by atoms with Crippen LogP contribution in [0.1, 0.15) is 18.1 Å². The van der Waals surface area contributed by atoms with Gasteiger partial charge in [-0.3, -0.25) is 0 Å². The van der Waals surface area contributed by atoms with E-state index in [1.807, 2.05) is 12.3 Å². The van der Waals surface area contributed by atoms with Gasteiger partial charge in [0.25, 0.3) is 0 Å². The molecule has 0 saturated carbocycles. The van der Waals surface area contributed by atoms with Crippen molar-refractivity contribution < 1.29 is 0 Å². The third kappa shape index (κ3) is 1.70. The van der Waals surface area contributed by atoms with Gasteiger partial charge in [0.15, 0.2) is 0 Å². The molecule has 0 bridgehead atoms. The third-order valence-electron chi connectivity index (χ3n) is 1.82. The van der Waals surface area contributed by atoms with E-state index < -0.39 is 0 Å². The maximum Gasteiger partial charge on any atom is 0.129 e. The van der Waals surface area contributed by atoms with Gasteiger partial charge in [-0.05, 0) is 38.0 Å². The molecule has 1 heterocycles. The number of anilines is 1.